The van der Waals surface area contributed by atoms with E-state index in [2.05, 4.69) is 39.9 Å². The summed E-state index contributed by atoms with van der Waals surface area (Å²) in [6.07, 6.45) is 3.87. The first kappa shape index (κ1) is 14.6. The summed E-state index contributed by atoms with van der Waals surface area (Å²) in [5, 5.41) is 3.44. The number of hydrogen-bond donors (Lipinski definition) is 1. The topological polar surface area (TPSA) is 42.3 Å². The average Bonchev–Trinajstić information content (AvgIpc) is 2.92. The van der Waals surface area contributed by atoms with Crippen LogP contribution in [-0.4, -0.2) is 48.7 Å². The van der Waals surface area contributed by atoms with Crippen LogP contribution < -0.4 is 10.1 Å². The Balaban J connectivity index is 2.00. The van der Waals surface area contributed by atoms with Crippen LogP contribution in [0.1, 0.15) is 5.69 Å². The van der Waals surface area contributed by atoms with Crippen LogP contribution in [0.3, 0.4) is 0 Å². The molecule has 1 N–H and O–H groups in total. The van der Waals surface area contributed by atoms with Gasteiger partial charge in [0.05, 0.1) is 19.0 Å². The summed E-state index contributed by atoms with van der Waals surface area (Å²) in [4.78, 5) is 6.41. The first-order chi connectivity index (χ1) is 9.70. The van der Waals surface area contributed by atoms with Gasteiger partial charge in [-0.25, -0.2) is 4.98 Å². The van der Waals surface area contributed by atoms with Crippen molar-refractivity contribution < 1.29 is 4.74 Å². The highest BCUT2D eigenvalue weighted by atomic mass is 16.5. The number of ether oxygens (including phenoxy) is 1. The minimum absolute atomic E-state index is 0.631. The number of rotatable bonds is 7. The number of methoxy groups -OCH3 is 1. The zero-order chi connectivity index (χ0) is 14.4. The fourth-order valence-electron chi connectivity index (χ4n) is 1.97. The van der Waals surface area contributed by atoms with Crippen LogP contribution in [-0.2, 0) is 6.54 Å². The van der Waals surface area contributed by atoms with E-state index in [-0.39, 0.29) is 0 Å². The molecule has 0 aliphatic rings. The third kappa shape index (κ3) is 3.82. The average molecular weight is 274 g/mol. The summed E-state index contributed by atoms with van der Waals surface area (Å²) in [6.45, 7) is 2.84. The molecular weight excluding hydrogens is 252 g/mol. The Bertz CT molecular complexity index is 519. The molecule has 0 spiro atoms. The van der Waals surface area contributed by atoms with E-state index in [1.165, 1.54) is 5.69 Å². The van der Waals surface area contributed by atoms with Gasteiger partial charge in [-0.3, -0.25) is 0 Å². The SMILES string of the molecule is COc1ccc(-n2cccc2CNCCN(C)C)cn1. The van der Waals surface area contributed by atoms with Crippen LogP contribution in [0.2, 0.25) is 0 Å². The normalized spacial score (nSPS) is 11.0. The van der Waals surface area contributed by atoms with Crippen molar-refractivity contribution in [2.75, 3.05) is 34.3 Å². The molecule has 0 unspecified atom stereocenters. The number of nitrogens with zero attached hydrogens (tertiary/aromatic N) is 3. The van der Waals surface area contributed by atoms with Crippen LogP contribution in [0, 0.1) is 0 Å². The predicted octanol–water partition coefficient (Wildman–Crippen LogP) is 1.53. The van der Waals surface area contributed by atoms with Crippen LogP contribution >= 0.6 is 0 Å². The van der Waals surface area contributed by atoms with Gasteiger partial charge in [-0.15, -0.1) is 0 Å². The Morgan fingerprint density at radius 2 is 2.15 bits per heavy atom. The van der Waals surface area contributed by atoms with Gasteiger partial charge in [0, 0.05) is 37.6 Å². The van der Waals surface area contributed by atoms with Gasteiger partial charge in [-0.05, 0) is 32.3 Å². The standard InChI is InChI=1S/C15H22N4O/c1-18(2)10-8-16-11-13-5-4-9-19(13)14-6-7-15(20-3)17-12-14/h4-7,9,12,16H,8,10-11H2,1-3H3. The lowest BCUT2D eigenvalue weighted by atomic mass is 10.3. The Labute approximate surface area is 120 Å². The largest absolute Gasteiger partial charge is 0.481 e. The molecule has 0 saturated heterocycles. The molecule has 0 saturated carbocycles. The van der Waals surface area contributed by atoms with Crippen LogP contribution in [0.25, 0.3) is 5.69 Å². The van der Waals surface area contributed by atoms with E-state index in [9.17, 15) is 0 Å². The minimum atomic E-state index is 0.631. The molecule has 0 fully saturated rings. The van der Waals surface area contributed by atoms with E-state index < -0.39 is 0 Å². The van der Waals surface area contributed by atoms with Crippen molar-refractivity contribution in [2.45, 2.75) is 6.54 Å². The highest BCUT2D eigenvalue weighted by Crippen LogP contribution is 2.14. The molecule has 0 aliphatic carbocycles. The first-order valence-corrected chi connectivity index (χ1v) is 6.73. The molecule has 108 valence electrons. The van der Waals surface area contributed by atoms with E-state index in [0.29, 0.717) is 5.88 Å². The van der Waals surface area contributed by atoms with Gasteiger partial charge < -0.3 is 19.5 Å². The van der Waals surface area contributed by atoms with Crippen LogP contribution in [0.15, 0.2) is 36.7 Å². The quantitative estimate of drug-likeness (QED) is 0.778. The number of aromatic nitrogens is 2. The minimum Gasteiger partial charge on any atom is -0.481 e. The Kier molecular flexibility index (Phi) is 5.15. The second kappa shape index (κ2) is 7.07. The molecule has 20 heavy (non-hydrogen) atoms. The third-order valence-electron chi connectivity index (χ3n) is 3.08. The predicted molar refractivity (Wildman–Crippen MR) is 80.4 cm³/mol. The molecular formula is C15H22N4O. The maximum absolute atomic E-state index is 5.08. The van der Waals surface area contributed by atoms with Crippen molar-refractivity contribution in [3.63, 3.8) is 0 Å². The molecule has 0 aliphatic heterocycles. The van der Waals surface area contributed by atoms with Gasteiger partial charge in [-0.1, -0.05) is 0 Å². The van der Waals surface area contributed by atoms with Crippen molar-refractivity contribution >= 4 is 0 Å². The van der Waals surface area contributed by atoms with E-state index in [4.69, 9.17) is 4.74 Å². The maximum atomic E-state index is 5.08. The highest BCUT2D eigenvalue weighted by Gasteiger charge is 2.04. The van der Waals surface area contributed by atoms with Crippen LogP contribution in [0.4, 0.5) is 0 Å². The van der Waals surface area contributed by atoms with Crippen molar-refractivity contribution in [3.05, 3.63) is 42.4 Å². The van der Waals surface area contributed by atoms with Gasteiger partial charge in [0.1, 0.15) is 0 Å². The molecule has 0 radical (unpaired) electrons. The van der Waals surface area contributed by atoms with E-state index >= 15 is 0 Å². The summed E-state index contributed by atoms with van der Waals surface area (Å²) >= 11 is 0. The number of nitrogens with one attached hydrogen (secondary N) is 1. The van der Waals surface area contributed by atoms with Crippen molar-refractivity contribution in [3.8, 4) is 11.6 Å². The second-order valence-corrected chi connectivity index (χ2v) is 4.91. The second-order valence-electron chi connectivity index (χ2n) is 4.91. The summed E-state index contributed by atoms with van der Waals surface area (Å²) in [6, 6.07) is 8.05. The molecule has 0 bridgehead atoms. The zero-order valence-electron chi connectivity index (χ0n) is 12.3. The molecule has 2 heterocycles. The Morgan fingerprint density at radius 3 is 2.80 bits per heavy atom. The van der Waals surface area contributed by atoms with Gasteiger partial charge in [0.25, 0.3) is 0 Å². The van der Waals surface area contributed by atoms with E-state index in [1.807, 2.05) is 30.6 Å². The summed E-state index contributed by atoms with van der Waals surface area (Å²) in [5.74, 6) is 0.631. The van der Waals surface area contributed by atoms with E-state index in [1.54, 1.807) is 7.11 Å². The molecule has 5 heteroatoms. The zero-order valence-corrected chi connectivity index (χ0v) is 12.3. The molecule has 0 amide bonds. The molecule has 2 aromatic heterocycles. The lowest BCUT2D eigenvalue weighted by molar-refractivity contribution is 0.397. The number of likely N-dealkylation sites (N-methyl/N-ethyl adjacent to an activating group) is 1. The lowest BCUT2D eigenvalue weighted by Crippen LogP contribution is -2.26. The third-order valence-corrected chi connectivity index (χ3v) is 3.08. The summed E-state index contributed by atoms with van der Waals surface area (Å²) in [7, 11) is 5.78. The van der Waals surface area contributed by atoms with Gasteiger partial charge >= 0.3 is 0 Å². The van der Waals surface area contributed by atoms with E-state index in [0.717, 1.165) is 25.3 Å². The van der Waals surface area contributed by atoms with Crippen molar-refractivity contribution in [1.82, 2.24) is 19.8 Å². The smallest absolute Gasteiger partial charge is 0.213 e. The summed E-state index contributed by atoms with van der Waals surface area (Å²) in [5.41, 5.74) is 2.26. The van der Waals surface area contributed by atoms with Crippen LogP contribution in [0.5, 0.6) is 5.88 Å². The fraction of sp³-hybridized carbons (Fsp3) is 0.400. The molecule has 0 atom stereocenters. The van der Waals surface area contributed by atoms with Crippen molar-refractivity contribution in [2.24, 2.45) is 0 Å². The lowest BCUT2D eigenvalue weighted by Gasteiger charge is -2.12. The molecule has 2 rings (SSSR count). The van der Waals surface area contributed by atoms with Crippen molar-refractivity contribution in [1.29, 1.82) is 0 Å². The highest BCUT2D eigenvalue weighted by molar-refractivity contribution is 5.34. The first-order valence-electron chi connectivity index (χ1n) is 6.73. The van der Waals surface area contributed by atoms with Gasteiger partial charge in [0.2, 0.25) is 5.88 Å². The molecule has 0 aromatic carbocycles. The Morgan fingerprint density at radius 1 is 1.30 bits per heavy atom. The molecule has 2 aromatic rings. The molecule has 5 nitrogen and oxygen atoms in total. The maximum Gasteiger partial charge on any atom is 0.213 e. The number of pyridine rings is 1. The summed E-state index contributed by atoms with van der Waals surface area (Å²) < 4.78 is 7.22. The number of hydrogen-bond acceptors (Lipinski definition) is 4. The Hall–Kier alpha value is -1.85. The fourth-order valence-corrected chi connectivity index (χ4v) is 1.97. The van der Waals surface area contributed by atoms with Gasteiger partial charge in [-0.2, -0.15) is 0 Å². The monoisotopic (exact) mass is 274 g/mol. The van der Waals surface area contributed by atoms with Gasteiger partial charge in [0.15, 0.2) is 0 Å².